The highest BCUT2D eigenvalue weighted by molar-refractivity contribution is 9.10. The van der Waals surface area contributed by atoms with Gasteiger partial charge in [0.2, 0.25) is 0 Å². The molecule has 0 radical (unpaired) electrons. The quantitative estimate of drug-likeness (QED) is 0.945. The van der Waals surface area contributed by atoms with Crippen LogP contribution in [0, 0.1) is 0 Å². The van der Waals surface area contributed by atoms with Crippen LogP contribution in [0.4, 0.5) is 0 Å². The summed E-state index contributed by atoms with van der Waals surface area (Å²) in [5, 5.41) is 8.67. The Bertz CT molecular complexity index is 506. The zero-order chi connectivity index (χ0) is 12.1. The lowest BCUT2D eigenvalue weighted by atomic mass is 10.1. The van der Waals surface area contributed by atoms with Crippen molar-refractivity contribution in [1.29, 1.82) is 0 Å². The van der Waals surface area contributed by atoms with Crippen molar-refractivity contribution in [3.05, 3.63) is 52.8 Å². The molecule has 1 heterocycles. The highest BCUT2D eigenvalue weighted by atomic mass is 79.9. The fourth-order valence-corrected chi connectivity index (χ4v) is 1.60. The summed E-state index contributed by atoms with van der Waals surface area (Å²) in [6, 6.07) is 7.85. The average molecular weight is 291 g/mol. The molecule has 0 aliphatic rings. The lowest BCUT2D eigenvalue weighted by Gasteiger charge is -2.00. The first-order chi connectivity index (χ1) is 8.29. The summed E-state index contributed by atoms with van der Waals surface area (Å²) in [5.74, 6) is 0.700. The van der Waals surface area contributed by atoms with E-state index in [0.29, 0.717) is 5.82 Å². The fourth-order valence-electron chi connectivity index (χ4n) is 1.39. The van der Waals surface area contributed by atoms with Gasteiger partial charge in [-0.1, -0.05) is 36.4 Å². The van der Waals surface area contributed by atoms with Crippen molar-refractivity contribution in [2.75, 3.05) is 6.61 Å². The fraction of sp³-hybridized carbons (Fsp3) is 0.0769. The average Bonchev–Trinajstić information content (AvgIpc) is 2.38. The number of rotatable bonds is 3. The molecule has 0 spiro atoms. The van der Waals surface area contributed by atoms with E-state index in [1.54, 1.807) is 18.5 Å². The second-order valence-electron chi connectivity index (χ2n) is 3.43. The maximum atomic E-state index is 8.67. The summed E-state index contributed by atoms with van der Waals surface area (Å²) in [7, 11) is 0. The van der Waals surface area contributed by atoms with E-state index in [-0.39, 0.29) is 6.61 Å². The van der Waals surface area contributed by atoms with Crippen LogP contribution in [0.1, 0.15) is 5.56 Å². The zero-order valence-electron chi connectivity index (χ0n) is 9.05. The van der Waals surface area contributed by atoms with Crippen LogP contribution in [0.3, 0.4) is 0 Å². The van der Waals surface area contributed by atoms with Gasteiger partial charge in [0.1, 0.15) is 0 Å². The van der Waals surface area contributed by atoms with Crippen molar-refractivity contribution in [2.24, 2.45) is 0 Å². The largest absolute Gasteiger partial charge is 0.392 e. The van der Waals surface area contributed by atoms with Gasteiger partial charge in [-0.05, 0) is 21.5 Å². The van der Waals surface area contributed by atoms with Gasteiger partial charge in [-0.3, -0.25) is 0 Å². The van der Waals surface area contributed by atoms with Crippen LogP contribution in [0.25, 0.3) is 17.5 Å². The van der Waals surface area contributed by atoms with E-state index < -0.39 is 0 Å². The van der Waals surface area contributed by atoms with E-state index in [1.807, 2.05) is 30.3 Å². The van der Waals surface area contributed by atoms with Crippen LogP contribution in [0.15, 0.2) is 47.2 Å². The Kier molecular flexibility index (Phi) is 4.01. The lowest BCUT2D eigenvalue weighted by Crippen LogP contribution is -1.87. The van der Waals surface area contributed by atoms with Gasteiger partial charge in [-0.15, -0.1) is 0 Å². The molecular weight excluding hydrogens is 280 g/mol. The van der Waals surface area contributed by atoms with Crippen molar-refractivity contribution in [2.45, 2.75) is 0 Å². The molecule has 0 fully saturated rings. The van der Waals surface area contributed by atoms with E-state index in [1.165, 1.54) is 0 Å². The Morgan fingerprint density at radius 1 is 1.12 bits per heavy atom. The number of aliphatic hydroxyl groups excluding tert-OH is 1. The molecule has 86 valence electrons. The van der Waals surface area contributed by atoms with Crippen LogP contribution < -0.4 is 0 Å². The smallest absolute Gasteiger partial charge is 0.159 e. The summed E-state index contributed by atoms with van der Waals surface area (Å²) in [5.41, 5.74) is 2.01. The standard InChI is InChI=1S/C13H11BrN2O/c14-12-8-15-13(16-9-12)11-5-3-10(4-6-11)2-1-7-17/h1-6,8-9,17H,7H2/b2-1+. The topological polar surface area (TPSA) is 46.0 Å². The van der Waals surface area contributed by atoms with Gasteiger partial charge in [-0.2, -0.15) is 0 Å². The third kappa shape index (κ3) is 3.22. The highest BCUT2D eigenvalue weighted by Gasteiger charge is 1.99. The van der Waals surface area contributed by atoms with Crippen molar-refractivity contribution >= 4 is 22.0 Å². The lowest BCUT2D eigenvalue weighted by molar-refractivity contribution is 0.343. The second-order valence-corrected chi connectivity index (χ2v) is 4.35. The van der Waals surface area contributed by atoms with Crippen molar-refractivity contribution in [3.63, 3.8) is 0 Å². The molecule has 0 aliphatic heterocycles. The first-order valence-corrected chi connectivity index (χ1v) is 5.94. The molecule has 0 saturated carbocycles. The van der Waals surface area contributed by atoms with Crippen molar-refractivity contribution in [3.8, 4) is 11.4 Å². The molecule has 17 heavy (non-hydrogen) atoms. The van der Waals surface area contributed by atoms with Crippen LogP contribution in [0.5, 0.6) is 0 Å². The third-order valence-electron chi connectivity index (χ3n) is 2.20. The number of hydrogen-bond acceptors (Lipinski definition) is 3. The van der Waals surface area contributed by atoms with Gasteiger partial charge in [0.25, 0.3) is 0 Å². The van der Waals surface area contributed by atoms with Crippen molar-refractivity contribution < 1.29 is 5.11 Å². The molecule has 2 aromatic rings. The van der Waals surface area contributed by atoms with Gasteiger partial charge >= 0.3 is 0 Å². The predicted octanol–water partition coefficient (Wildman–Crippen LogP) is 2.91. The number of aromatic nitrogens is 2. The number of hydrogen-bond donors (Lipinski definition) is 1. The van der Waals surface area contributed by atoms with Crippen molar-refractivity contribution in [1.82, 2.24) is 9.97 Å². The van der Waals surface area contributed by atoms with Crippen LogP contribution in [0.2, 0.25) is 0 Å². The Labute approximate surface area is 108 Å². The van der Waals surface area contributed by atoms with Gasteiger partial charge in [-0.25, -0.2) is 9.97 Å². The van der Waals surface area contributed by atoms with Gasteiger partial charge in [0.05, 0.1) is 11.1 Å². The third-order valence-corrected chi connectivity index (χ3v) is 2.61. The second kappa shape index (κ2) is 5.70. The highest BCUT2D eigenvalue weighted by Crippen LogP contribution is 2.17. The van der Waals surface area contributed by atoms with E-state index >= 15 is 0 Å². The summed E-state index contributed by atoms with van der Waals surface area (Å²) in [6.45, 7) is 0.0531. The molecule has 0 aliphatic carbocycles. The molecule has 0 unspecified atom stereocenters. The Morgan fingerprint density at radius 2 is 1.76 bits per heavy atom. The molecule has 0 amide bonds. The maximum Gasteiger partial charge on any atom is 0.159 e. The predicted molar refractivity (Wildman–Crippen MR) is 71.3 cm³/mol. The molecule has 1 N–H and O–H groups in total. The minimum absolute atomic E-state index is 0.0531. The number of halogens is 1. The van der Waals surface area contributed by atoms with Crippen LogP contribution in [-0.2, 0) is 0 Å². The molecule has 2 rings (SSSR count). The van der Waals surface area contributed by atoms with E-state index in [4.69, 9.17) is 5.11 Å². The summed E-state index contributed by atoms with van der Waals surface area (Å²) in [6.07, 6.45) is 7.02. The zero-order valence-corrected chi connectivity index (χ0v) is 10.6. The molecule has 1 aromatic heterocycles. The number of aliphatic hydroxyl groups is 1. The molecule has 3 nitrogen and oxygen atoms in total. The number of nitrogens with zero attached hydrogens (tertiary/aromatic N) is 2. The van der Waals surface area contributed by atoms with Gasteiger partial charge in [0, 0.05) is 18.0 Å². The maximum absolute atomic E-state index is 8.67. The molecule has 0 atom stereocenters. The molecule has 0 bridgehead atoms. The monoisotopic (exact) mass is 290 g/mol. The van der Waals surface area contributed by atoms with E-state index in [9.17, 15) is 0 Å². The normalized spacial score (nSPS) is 10.9. The summed E-state index contributed by atoms with van der Waals surface area (Å²) >= 11 is 3.30. The van der Waals surface area contributed by atoms with Crippen LogP contribution >= 0.6 is 15.9 Å². The van der Waals surface area contributed by atoms with E-state index in [2.05, 4.69) is 25.9 Å². The SMILES string of the molecule is OC/C=C/c1ccc(-c2ncc(Br)cn2)cc1. The molecule has 4 heteroatoms. The summed E-state index contributed by atoms with van der Waals surface area (Å²) in [4.78, 5) is 8.45. The molecule has 0 saturated heterocycles. The Balaban J connectivity index is 2.23. The minimum atomic E-state index is 0.0531. The minimum Gasteiger partial charge on any atom is -0.392 e. The Hall–Kier alpha value is -1.52. The molecule has 1 aromatic carbocycles. The van der Waals surface area contributed by atoms with E-state index in [0.717, 1.165) is 15.6 Å². The molecular formula is C13H11BrN2O. The van der Waals surface area contributed by atoms with Gasteiger partial charge in [0.15, 0.2) is 5.82 Å². The number of benzene rings is 1. The van der Waals surface area contributed by atoms with Gasteiger partial charge < -0.3 is 5.11 Å². The first-order valence-electron chi connectivity index (χ1n) is 5.15. The van der Waals surface area contributed by atoms with Crippen LogP contribution in [-0.4, -0.2) is 21.7 Å². The summed E-state index contributed by atoms with van der Waals surface area (Å²) < 4.78 is 0.865. The Morgan fingerprint density at radius 3 is 2.35 bits per heavy atom. The first kappa shape index (κ1) is 12.0.